The van der Waals surface area contributed by atoms with E-state index in [1.165, 1.54) is 23.8 Å². The number of aromatic nitrogens is 4. The second kappa shape index (κ2) is 7.14. The van der Waals surface area contributed by atoms with Crippen molar-refractivity contribution in [1.82, 2.24) is 18.7 Å². The first-order valence-electron chi connectivity index (χ1n) is 9.95. The van der Waals surface area contributed by atoms with Crippen LogP contribution in [0, 0.1) is 0 Å². The van der Waals surface area contributed by atoms with Crippen molar-refractivity contribution in [1.29, 1.82) is 0 Å². The lowest BCUT2D eigenvalue weighted by Gasteiger charge is -2.08. The number of ether oxygens (including phenoxy) is 1. The summed E-state index contributed by atoms with van der Waals surface area (Å²) < 4.78 is 32.0. The van der Waals surface area contributed by atoms with E-state index < -0.39 is 18.2 Å². The second-order valence-corrected chi connectivity index (χ2v) is 5.82. The third-order valence-corrected chi connectivity index (χ3v) is 4.31. The summed E-state index contributed by atoms with van der Waals surface area (Å²) in [6.45, 7) is 1.01. The van der Waals surface area contributed by atoms with Crippen LogP contribution in [0.4, 0.5) is 0 Å². The number of aromatic hydroxyl groups is 1. The van der Waals surface area contributed by atoms with Gasteiger partial charge in [-0.2, -0.15) is 0 Å². The number of phenols is 1. The fourth-order valence-corrected chi connectivity index (χ4v) is 2.90. The maximum atomic E-state index is 12.9. The summed E-state index contributed by atoms with van der Waals surface area (Å²) in [5, 5.41) is 9.72. The topological polar surface area (TPSA) is 91.3 Å². The maximum absolute atomic E-state index is 12.9. The number of hydrogen-bond acceptors (Lipinski definition) is 5. The van der Waals surface area contributed by atoms with Crippen LogP contribution in [0.25, 0.3) is 23.3 Å². The summed E-state index contributed by atoms with van der Waals surface area (Å²) >= 11 is 0. The summed E-state index contributed by atoms with van der Waals surface area (Å²) in [5.41, 5.74) is -0.742. The molecule has 3 rings (SSSR count). The molecule has 0 aliphatic heterocycles. The van der Waals surface area contributed by atoms with E-state index in [4.69, 9.17) is 8.85 Å². The molecule has 0 spiro atoms. The molecule has 8 heteroatoms. The Morgan fingerprint density at radius 3 is 2.59 bits per heavy atom. The van der Waals surface area contributed by atoms with Crippen molar-refractivity contribution in [3.8, 4) is 11.5 Å². The van der Waals surface area contributed by atoms with Gasteiger partial charge in [0.15, 0.2) is 22.7 Å². The first kappa shape index (κ1) is 14.8. The molecule has 8 nitrogen and oxygen atoms in total. The number of methoxy groups -OCH3 is 1. The number of fused-ring (bicyclic) bond motifs is 1. The summed E-state index contributed by atoms with van der Waals surface area (Å²) in [6, 6.07) is 4.63. The minimum absolute atomic E-state index is 0.00425. The second-order valence-electron chi connectivity index (χ2n) is 5.82. The van der Waals surface area contributed by atoms with E-state index in [0.717, 1.165) is 9.13 Å². The quantitative estimate of drug-likeness (QED) is 0.688. The molecule has 1 N–H and O–H groups in total. The van der Waals surface area contributed by atoms with E-state index in [9.17, 15) is 14.7 Å². The standard InChI is InChI=1S/C19H22N4O4/c1-5-22-17-16(18(25)23(6-2)19(22)26)21(3)15(20-17)10-8-12-7-9-13(24)14(11-12)27-4/h7-11,24H,5-6H2,1-4H3/b10-8+/i3+1D3. The number of rotatable bonds is 5. The minimum Gasteiger partial charge on any atom is -0.504 e. The molecule has 0 aliphatic rings. The van der Waals surface area contributed by atoms with Crippen LogP contribution in [-0.4, -0.2) is 30.9 Å². The zero-order chi connectivity index (χ0) is 22.2. The molecule has 0 radical (unpaired) electrons. The molecule has 0 saturated heterocycles. The van der Waals surface area contributed by atoms with E-state index in [0.29, 0.717) is 5.56 Å². The Bertz CT molecular complexity index is 1250. The molecule has 0 amide bonds. The summed E-state index contributed by atoms with van der Waals surface area (Å²) in [7, 11) is 1.42. The lowest BCUT2D eigenvalue weighted by Crippen LogP contribution is -2.39. The van der Waals surface area contributed by atoms with Gasteiger partial charge in [0.05, 0.1) is 7.11 Å². The molecular weight excluding hydrogens is 349 g/mol. The normalized spacial score (nSPS) is 13.7. The third kappa shape index (κ3) is 3.03. The van der Waals surface area contributed by atoms with Crippen LogP contribution in [0.15, 0.2) is 27.8 Å². The van der Waals surface area contributed by atoms with Crippen LogP contribution >= 0.6 is 0 Å². The smallest absolute Gasteiger partial charge is 0.332 e. The van der Waals surface area contributed by atoms with Gasteiger partial charge in [0.2, 0.25) is 0 Å². The van der Waals surface area contributed by atoms with Crippen molar-refractivity contribution in [2.75, 3.05) is 7.11 Å². The first-order valence-corrected chi connectivity index (χ1v) is 8.45. The average Bonchev–Trinajstić information content (AvgIpc) is 3.08. The van der Waals surface area contributed by atoms with Crippen LogP contribution in [-0.2, 0) is 20.1 Å². The van der Waals surface area contributed by atoms with Crippen molar-refractivity contribution in [3.05, 3.63) is 50.4 Å². The van der Waals surface area contributed by atoms with Gasteiger partial charge in [0.1, 0.15) is 5.82 Å². The van der Waals surface area contributed by atoms with Crippen LogP contribution in [0.1, 0.15) is 29.3 Å². The molecule has 142 valence electrons. The maximum Gasteiger partial charge on any atom is 0.332 e. The van der Waals surface area contributed by atoms with Gasteiger partial charge in [-0.15, -0.1) is 0 Å². The number of hydrogen-bond donors (Lipinski definition) is 1. The number of benzene rings is 1. The van der Waals surface area contributed by atoms with Gasteiger partial charge < -0.3 is 14.4 Å². The molecule has 0 aliphatic carbocycles. The third-order valence-electron chi connectivity index (χ3n) is 4.31. The summed E-state index contributed by atoms with van der Waals surface area (Å²) in [5.74, 6) is 0.230. The van der Waals surface area contributed by atoms with Crippen molar-refractivity contribution >= 4 is 23.3 Å². The molecule has 0 unspecified atom stereocenters. The van der Waals surface area contributed by atoms with Gasteiger partial charge in [0.25, 0.3) is 5.56 Å². The highest BCUT2D eigenvalue weighted by Crippen LogP contribution is 2.27. The molecule has 27 heavy (non-hydrogen) atoms. The van der Waals surface area contributed by atoms with Gasteiger partial charge in [-0.1, -0.05) is 12.1 Å². The SMILES string of the molecule is [2H][13C]([2H])([2H])n1c(/C=C/c2ccc(O)c(OC)c2)nc2c1c(=O)n(CC)c(=O)n2CC. The molecule has 0 fully saturated rings. The van der Waals surface area contributed by atoms with Crippen molar-refractivity contribution in [2.45, 2.75) is 26.9 Å². The van der Waals surface area contributed by atoms with Gasteiger partial charge >= 0.3 is 5.69 Å². The first-order chi connectivity index (χ1) is 14.1. The lowest BCUT2D eigenvalue weighted by molar-refractivity contribution is 0.373. The number of nitrogens with zero attached hydrogens (tertiary/aromatic N) is 4. The lowest BCUT2D eigenvalue weighted by atomic mass is 10.2. The summed E-state index contributed by atoms with van der Waals surface area (Å²) in [4.78, 5) is 29.8. The molecule has 0 atom stereocenters. The van der Waals surface area contributed by atoms with Crippen LogP contribution in [0.2, 0.25) is 0 Å². The predicted molar refractivity (Wildman–Crippen MR) is 104 cm³/mol. The molecule has 3 aromatic rings. The zero-order valence-corrected chi connectivity index (χ0v) is 15.3. The monoisotopic (exact) mass is 374 g/mol. The van der Waals surface area contributed by atoms with Crippen LogP contribution in [0.5, 0.6) is 11.5 Å². The Kier molecular flexibility index (Phi) is 3.92. The highest BCUT2D eigenvalue weighted by atomic mass is 16.5. The van der Waals surface area contributed by atoms with E-state index in [1.807, 2.05) is 0 Å². The highest BCUT2D eigenvalue weighted by Gasteiger charge is 2.17. The fraction of sp³-hybridized carbons (Fsp3) is 0.316. The van der Waals surface area contributed by atoms with Gasteiger partial charge in [-0.25, -0.2) is 9.78 Å². The van der Waals surface area contributed by atoms with Crippen LogP contribution < -0.4 is 16.0 Å². The van der Waals surface area contributed by atoms with Gasteiger partial charge in [-0.3, -0.25) is 13.9 Å². The van der Waals surface area contributed by atoms with Crippen molar-refractivity contribution in [2.24, 2.45) is 6.98 Å². The Hall–Kier alpha value is -3.29. The van der Waals surface area contributed by atoms with E-state index in [2.05, 4.69) is 4.98 Å². The minimum atomic E-state index is -2.69. The Balaban J connectivity index is 2.31. The van der Waals surface area contributed by atoms with E-state index >= 15 is 0 Å². The summed E-state index contributed by atoms with van der Waals surface area (Å²) in [6.07, 6.45) is 3.02. The van der Waals surface area contributed by atoms with Crippen molar-refractivity contribution < 1.29 is 14.0 Å². The fourth-order valence-electron chi connectivity index (χ4n) is 2.90. The number of phenolic OH excluding ortho intramolecular Hbond substituents is 1. The zero-order valence-electron chi connectivity index (χ0n) is 18.3. The molecule has 2 heterocycles. The average molecular weight is 374 g/mol. The van der Waals surface area contributed by atoms with E-state index in [-0.39, 0.29) is 41.6 Å². The predicted octanol–water partition coefficient (Wildman–Crippen LogP) is 1.82. The van der Waals surface area contributed by atoms with Crippen molar-refractivity contribution in [3.63, 3.8) is 0 Å². The molecule has 1 aromatic carbocycles. The number of aryl methyl sites for hydroxylation is 2. The highest BCUT2D eigenvalue weighted by molar-refractivity contribution is 5.77. The molecule has 2 aromatic heterocycles. The number of imidazole rings is 1. The Morgan fingerprint density at radius 2 is 1.96 bits per heavy atom. The molecule has 0 saturated carbocycles. The van der Waals surface area contributed by atoms with Gasteiger partial charge in [-0.05, 0) is 37.6 Å². The largest absolute Gasteiger partial charge is 0.504 e. The molecular formula is C19H22N4O4. The Morgan fingerprint density at radius 1 is 1.22 bits per heavy atom. The van der Waals surface area contributed by atoms with Gasteiger partial charge in [0, 0.05) is 24.2 Å². The Labute approximate surface area is 159 Å². The molecule has 0 bridgehead atoms. The van der Waals surface area contributed by atoms with E-state index in [1.54, 1.807) is 32.1 Å². The van der Waals surface area contributed by atoms with Crippen LogP contribution in [0.3, 0.4) is 0 Å².